The van der Waals surface area contributed by atoms with E-state index in [0.717, 1.165) is 31.6 Å². The number of piperidine rings is 1. The van der Waals surface area contributed by atoms with E-state index in [0.29, 0.717) is 6.04 Å². The molecule has 5 heteroatoms. The van der Waals surface area contributed by atoms with Gasteiger partial charge in [-0.15, -0.1) is 0 Å². The van der Waals surface area contributed by atoms with Crippen LogP contribution in [-0.2, 0) is 0 Å². The van der Waals surface area contributed by atoms with Gasteiger partial charge in [0.25, 0.3) is 0 Å². The standard InChI is InChI=1S/C14H15F2N3/c15-13-3-2-12(10-14(13)16)18-8-4-11(5-9-18)19-7-1-6-17-19/h1-3,6-7,10-11H,4-5,8-9H2. The third kappa shape index (κ3) is 2.45. The molecule has 2 aromatic rings. The molecule has 3 nitrogen and oxygen atoms in total. The molecule has 0 aliphatic carbocycles. The predicted molar refractivity (Wildman–Crippen MR) is 69.1 cm³/mol. The van der Waals surface area contributed by atoms with Gasteiger partial charge in [-0.3, -0.25) is 4.68 Å². The van der Waals surface area contributed by atoms with Crippen molar-refractivity contribution in [3.8, 4) is 0 Å². The van der Waals surface area contributed by atoms with E-state index in [9.17, 15) is 8.78 Å². The van der Waals surface area contributed by atoms with Crippen molar-refractivity contribution in [1.29, 1.82) is 0 Å². The molecule has 1 saturated heterocycles. The van der Waals surface area contributed by atoms with Crippen LogP contribution in [0.2, 0.25) is 0 Å². The maximum absolute atomic E-state index is 13.2. The molecule has 0 amide bonds. The molecule has 0 unspecified atom stereocenters. The summed E-state index contributed by atoms with van der Waals surface area (Å²) in [6, 6.07) is 6.40. The van der Waals surface area contributed by atoms with Crippen LogP contribution in [0.15, 0.2) is 36.7 Å². The first-order valence-electron chi connectivity index (χ1n) is 6.43. The van der Waals surface area contributed by atoms with E-state index < -0.39 is 11.6 Å². The van der Waals surface area contributed by atoms with Gasteiger partial charge in [-0.05, 0) is 31.0 Å². The molecule has 1 aromatic heterocycles. The topological polar surface area (TPSA) is 21.1 Å². The molecular weight excluding hydrogens is 248 g/mol. The number of anilines is 1. The van der Waals surface area contributed by atoms with Crippen LogP contribution in [0.3, 0.4) is 0 Å². The summed E-state index contributed by atoms with van der Waals surface area (Å²) in [7, 11) is 0. The maximum atomic E-state index is 13.2. The molecule has 100 valence electrons. The van der Waals surface area contributed by atoms with Gasteiger partial charge < -0.3 is 4.90 Å². The van der Waals surface area contributed by atoms with Gasteiger partial charge in [0.2, 0.25) is 0 Å². The van der Waals surface area contributed by atoms with Gasteiger partial charge in [0.15, 0.2) is 11.6 Å². The maximum Gasteiger partial charge on any atom is 0.160 e. The largest absolute Gasteiger partial charge is 0.371 e. The monoisotopic (exact) mass is 263 g/mol. The van der Waals surface area contributed by atoms with Crippen LogP contribution in [0.4, 0.5) is 14.5 Å². The molecule has 1 aliphatic rings. The van der Waals surface area contributed by atoms with E-state index in [-0.39, 0.29) is 0 Å². The molecule has 0 spiro atoms. The lowest BCUT2D eigenvalue weighted by molar-refractivity contribution is 0.366. The second-order valence-electron chi connectivity index (χ2n) is 4.80. The van der Waals surface area contributed by atoms with Crippen molar-refractivity contribution < 1.29 is 8.78 Å². The highest BCUT2D eigenvalue weighted by molar-refractivity contribution is 5.47. The van der Waals surface area contributed by atoms with Crippen molar-refractivity contribution in [1.82, 2.24) is 9.78 Å². The van der Waals surface area contributed by atoms with Crippen LogP contribution in [-0.4, -0.2) is 22.9 Å². The van der Waals surface area contributed by atoms with Gasteiger partial charge in [-0.2, -0.15) is 5.10 Å². The number of hydrogen-bond acceptors (Lipinski definition) is 2. The zero-order valence-electron chi connectivity index (χ0n) is 10.5. The Balaban J connectivity index is 1.68. The van der Waals surface area contributed by atoms with Gasteiger partial charge in [-0.25, -0.2) is 8.78 Å². The van der Waals surface area contributed by atoms with Gasteiger partial charge in [0.05, 0.1) is 6.04 Å². The van der Waals surface area contributed by atoms with Crippen LogP contribution in [0.1, 0.15) is 18.9 Å². The van der Waals surface area contributed by atoms with Crippen LogP contribution in [0.25, 0.3) is 0 Å². The molecule has 1 aliphatic heterocycles. The normalized spacial score (nSPS) is 16.8. The molecular formula is C14H15F2N3. The Morgan fingerprint density at radius 3 is 2.53 bits per heavy atom. The average molecular weight is 263 g/mol. The molecule has 0 saturated carbocycles. The van der Waals surface area contributed by atoms with Crippen LogP contribution in [0.5, 0.6) is 0 Å². The molecule has 1 fully saturated rings. The van der Waals surface area contributed by atoms with E-state index >= 15 is 0 Å². The molecule has 3 rings (SSSR count). The second-order valence-corrected chi connectivity index (χ2v) is 4.80. The molecule has 2 heterocycles. The van der Waals surface area contributed by atoms with E-state index in [4.69, 9.17) is 0 Å². The smallest absolute Gasteiger partial charge is 0.160 e. The quantitative estimate of drug-likeness (QED) is 0.830. The summed E-state index contributed by atoms with van der Waals surface area (Å²) in [4.78, 5) is 2.09. The highest BCUT2D eigenvalue weighted by Gasteiger charge is 2.21. The Morgan fingerprint density at radius 2 is 1.89 bits per heavy atom. The van der Waals surface area contributed by atoms with Gasteiger partial charge in [0.1, 0.15) is 0 Å². The van der Waals surface area contributed by atoms with Crippen molar-refractivity contribution in [3.05, 3.63) is 48.3 Å². The first-order valence-corrected chi connectivity index (χ1v) is 6.43. The van der Waals surface area contributed by atoms with E-state index in [1.54, 1.807) is 12.3 Å². The minimum Gasteiger partial charge on any atom is -0.371 e. The fourth-order valence-electron chi connectivity index (χ4n) is 2.57. The Bertz CT molecular complexity index is 546. The van der Waals surface area contributed by atoms with Gasteiger partial charge in [-0.1, -0.05) is 0 Å². The lowest BCUT2D eigenvalue weighted by Crippen LogP contribution is -2.34. The van der Waals surface area contributed by atoms with Crippen LogP contribution >= 0.6 is 0 Å². The highest BCUT2D eigenvalue weighted by Crippen LogP contribution is 2.26. The summed E-state index contributed by atoms with van der Waals surface area (Å²) in [5.41, 5.74) is 0.748. The number of hydrogen-bond donors (Lipinski definition) is 0. The molecule has 0 radical (unpaired) electrons. The summed E-state index contributed by atoms with van der Waals surface area (Å²) in [6.45, 7) is 1.66. The summed E-state index contributed by atoms with van der Waals surface area (Å²) in [5, 5.41) is 4.25. The number of nitrogens with zero attached hydrogens (tertiary/aromatic N) is 3. The Morgan fingerprint density at radius 1 is 1.11 bits per heavy atom. The first kappa shape index (κ1) is 12.1. The van der Waals surface area contributed by atoms with Crippen molar-refractivity contribution in [3.63, 3.8) is 0 Å². The zero-order valence-corrected chi connectivity index (χ0v) is 10.5. The summed E-state index contributed by atoms with van der Waals surface area (Å²) >= 11 is 0. The lowest BCUT2D eigenvalue weighted by Gasteiger charge is -2.33. The zero-order chi connectivity index (χ0) is 13.2. The van der Waals surface area contributed by atoms with E-state index in [1.807, 2.05) is 16.9 Å². The van der Waals surface area contributed by atoms with E-state index in [1.165, 1.54) is 12.1 Å². The first-order chi connectivity index (χ1) is 9.24. The van der Waals surface area contributed by atoms with Gasteiger partial charge >= 0.3 is 0 Å². The summed E-state index contributed by atoms with van der Waals surface area (Å²) in [5.74, 6) is -1.58. The third-order valence-electron chi connectivity index (χ3n) is 3.63. The fourth-order valence-corrected chi connectivity index (χ4v) is 2.57. The lowest BCUT2D eigenvalue weighted by atomic mass is 10.0. The van der Waals surface area contributed by atoms with Crippen LogP contribution < -0.4 is 4.90 Å². The van der Waals surface area contributed by atoms with Crippen molar-refractivity contribution in [2.24, 2.45) is 0 Å². The minimum absolute atomic E-state index is 0.400. The number of rotatable bonds is 2. The Kier molecular flexibility index (Phi) is 3.19. The number of benzene rings is 1. The summed E-state index contributed by atoms with van der Waals surface area (Å²) in [6.07, 6.45) is 5.67. The predicted octanol–water partition coefficient (Wildman–Crippen LogP) is 3.00. The number of aromatic nitrogens is 2. The van der Waals surface area contributed by atoms with Gasteiger partial charge in [0, 0.05) is 37.2 Å². The highest BCUT2D eigenvalue weighted by atomic mass is 19.2. The second kappa shape index (κ2) is 4.99. The Hall–Kier alpha value is -1.91. The van der Waals surface area contributed by atoms with Crippen molar-refractivity contribution >= 4 is 5.69 Å². The molecule has 19 heavy (non-hydrogen) atoms. The Labute approximate surface area is 110 Å². The fraction of sp³-hybridized carbons (Fsp3) is 0.357. The van der Waals surface area contributed by atoms with Crippen LogP contribution in [0, 0.1) is 11.6 Å². The third-order valence-corrected chi connectivity index (χ3v) is 3.63. The molecule has 1 aromatic carbocycles. The number of halogens is 2. The molecule has 0 atom stereocenters. The van der Waals surface area contributed by atoms with Crippen molar-refractivity contribution in [2.75, 3.05) is 18.0 Å². The summed E-state index contributed by atoms with van der Waals surface area (Å²) < 4.78 is 28.1. The molecule has 0 bridgehead atoms. The average Bonchev–Trinajstić information content (AvgIpc) is 2.96. The molecule has 0 N–H and O–H groups in total. The minimum atomic E-state index is -0.796. The van der Waals surface area contributed by atoms with Crippen molar-refractivity contribution in [2.45, 2.75) is 18.9 Å². The van der Waals surface area contributed by atoms with E-state index in [2.05, 4.69) is 10.00 Å². The SMILES string of the molecule is Fc1ccc(N2CCC(n3cccn3)CC2)cc1F.